The van der Waals surface area contributed by atoms with E-state index in [-0.39, 0.29) is 5.91 Å². The number of methoxy groups -OCH3 is 1. The molecule has 120 valence electrons. The summed E-state index contributed by atoms with van der Waals surface area (Å²) >= 11 is 0. The van der Waals surface area contributed by atoms with Gasteiger partial charge in [-0.05, 0) is 30.9 Å². The van der Waals surface area contributed by atoms with Gasteiger partial charge in [0.2, 0.25) is 5.91 Å². The molecule has 1 aliphatic carbocycles. The minimum Gasteiger partial charge on any atom is -0.495 e. The van der Waals surface area contributed by atoms with Crippen molar-refractivity contribution in [3.63, 3.8) is 0 Å². The van der Waals surface area contributed by atoms with Crippen LogP contribution in [0.2, 0.25) is 0 Å². The van der Waals surface area contributed by atoms with Crippen molar-refractivity contribution in [1.29, 1.82) is 0 Å². The Morgan fingerprint density at radius 3 is 2.64 bits per heavy atom. The van der Waals surface area contributed by atoms with E-state index in [9.17, 15) is 4.79 Å². The van der Waals surface area contributed by atoms with Gasteiger partial charge in [0, 0.05) is 32.7 Å². The Labute approximate surface area is 132 Å². The SMILES string of the molecule is COc1ccccc1N1CCN(CC(=O)NCC2CC2)CC1. The Kier molecular flexibility index (Phi) is 4.83. The molecule has 22 heavy (non-hydrogen) atoms. The van der Waals surface area contributed by atoms with Gasteiger partial charge in [-0.1, -0.05) is 12.1 Å². The Morgan fingerprint density at radius 2 is 1.95 bits per heavy atom. The summed E-state index contributed by atoms with van der Waals surface area (Å²) in [5, 5.41) is 3.04. The van der Waals surface area contributed by atoms with Crippen LogP contribution < -0.4 is 15.0 Å². The van der Waals surface area contributed by atoms with Gasteiger partial charge in [-0.25, -0.2) is 0 Å². The van der Waals surface area contributed by atoms with Crippen molar-refractivity contribution >= 4 is 11.6 Å². The number of benzene rings is 1. The number of piperazine rings is 1. The standard InChI is InChI=1S/C17H25N3O2/c1-22-16-5-3-2-4-15(16)20-10-8-19(9-11-20)13-17(21)18-12-14-6-7-14/h2-5,14H,6-13H2,1H3,(H,18,21). The number of nitrogens with one attached hydrogen (secondary N) is 1. The van der Waals surface area contributed by atoms with Gasteiger partial charge in [0.05, 0.1) is 19.3 Å². The van der Waals surface area contributed by atoms with Crippen LogP contribution in [0.25, 0.3) is 0 Å². The Morgan fingerprint density at radius 1 is 1.23 bits per heavy atom. The Balaban J connectivity index is 1.46. The zero-order valence-corrected chi connectivity index (χ0v) is 13.3. The third-order valence-electron chi connectivity index (χ3n) is 4.45. The highest BCUT2D eigenvalue weighted by molar-refractivity contribution is 5.78. The van der Waals surface area contributed by atoms with Crippen LogP contribution in [0.5, 0.6) is 5.75 Å². The zero-order valence-electron chi connectivity index (χ0n) is 13.3. The summed E-state index contributed by atoms with van der Waals surface area (Å²) in [4.78, 5) is 16.5. The van der Waals surface area contributed by atoms with Gasteiger partial charge in [-0.15, -0.1) is 0 Å². The maximum atomic E-state index is 11.9. The van der Waals surface area contributed by atoms with Crippen LogP contribution >= 0.6 is 0 Å². The molecular formula is C17H25N3O2. The lowest BCUT2D eigenvalue weighted by atomic mass is 10.2. The highest BCUT2D eigenvalue weighted by Gasteiger charge is 2.23. The van der Waals surface area contributed by atoms with Crippen molar-refractivity contribution in [2.45, 2.75) is 12.8 Å². The number of nitrogens with zero attached hydrogens (tertiary/aromatic N) is 2. The molecule has 0 atom stereocenters. The van der Waals surface area contributed by atoms with E-state index in [0.717, 1.165) is 50.1 Å². The molecule has 3 rings (SSSR count). The van der Waals surface area contributed by atoms with Crippen molar-refractivity contribution in [2.75, 3.05) is 51.3 Å². The van der Waals surface area contributed by atoms with Crippen LogP contribution in [-0.4, -0.2) is 57.2 Å². The summed E-state index contributed by atoms with van der Waals surface area (Å²) in [5.41, 5.74) is 1.14. The largest absolute Gasteiger partial charge is 0.495 e. The first-order valence-electron chi connectivity index (χ1n) is 8.13. The number of amides is 1. The summed E-state index contributed by atoms with van der Waals surface area (Å²) in [6, 6.07) is 8.11. The maximum absolute atomic E-state index is 11.9. The van der Waals surface area contributed by atoms with Crippen LogP contribution in [0, 0.1) is 5.92 Å². The average Bonchev–Trinajstić information content (AvgIpc) is 3.38. The first-order chi connectivity index (χ1) is 10.8. The fraction of sp³-hybridized carbons (Fsp3) is 0.588. The second-order valence-corrected chi connectivity index (χ2v) is 6.18. The van der Waals surface area contributed by atoms with Crippen molar-refractivity contribution in [3.05, 3.63) is 24.3 Å². The van der Waals surface area contributed by atoms with Crippen LogP contribution in [0.1, 0.15) is 12.8 Å². The molecule has 1 saturated heterocycles. The molecule has 1 aromatic carbocycles. The number of carbonyl (C=O) groups is 1. The van der Waals surface area contributed by atoms with Crippen LogP contribution in [-0.2, 0) is 4.79 Å². The molecule has 2 aliphatic rings. The lowest BCUT2D eigenvalue weighted by molar-refractivity contribution is -0.122. The van der Waals surface area contributed by atoms with Gasteiger partial charge in [0.25, 0.3) is 0 Å². The zero-order chi connectivity index (χ0) is 15.4. The molecule has 1 aromatic rings. The second-order valence-electron chi connectivity index (χ2n) is 6.18. The van der Waals surface area contributed by atoms with Gasteiger partial charge in [0.15, 0.2) is 0 Å². The summed E-state index contributed by atoms with van der Waals surface area (Å²) in [7, 11) is 1.71. The molecule has 0 radical (unpaired) electrons. The van der Waals surface area contributed by atoms with E-state index in [4.69, 9.17) is 4.74 Å². The fourth-order valence-corrected chi connectivity index (χ4v) is 2.88. The van der Waals surface area contributed by atoms with Crippen LogP contribution in [0.4, 0.5) is 5.69 Å². The monoisotopic (exact) mass is 303 g/mol. The second kappa shape index (κ2) is 7.01. The van der Waals surface area contributed by atoms with Gasteiger partial charge in [-0.3, -0.25) is 9.69 Å². The molecule has 1 saturated carbocycles. The average molecular weight is 303 g/mol. The molecule has 1 N–H and O–H groups in total. The maximum Gasteiger partial charge on any atom is 0.234 e. The lowest BCUT2D eigenvalue weighted by Gasteiger charge is -2.36. The van der Waals surface area contributed by atoms with E-state index in [0.29, 0.717) is 6.54 Å². The van der Waals surface area contributed by atoms with Crippen molar-refractivity contribution in [1.82, 2.24) is 10.2 Å². The van der Waals surface area contributed by atoms with Gasteiger partial charge in [-0.2, -0.15) is 0 Å². The van der Waals surface area contributed by atoms with E-state index in [2.05, 4.69) is 21.2 Å². The number of rotatable bonds is 6. The Bertz CT molecular complexity index is 508. The summed E-state index contributed by atoms with van der Waals surface area (Å²) in [5.74, 6) is 1.82. The number of hydrogen-bond donors (Lipinski definition) is 1. The van der Waals surface area contributed by atoms with E-state index >= 15 is 0 Å². The predicted molar refractivity (Wildman–Crippen MR) is 87.4 cm³/mol. The molecule has 5 heteroatoms. The minimum absolute atomic E-state index is 0.164. The molecule has 0 unspecified atom stereocenters. The van der Waals surface area contributed by atoms with Crippen molar-refractivity contribution in [3.8, 4) is 5.75 Å². The van der Waals surface area contributed by atoms with Gasteiger partial charge < -0.3 is 15.0 Å². The first-order valence-corrected chi connectivity index (χ1v) is 8.13. The van der Waals surface area contributed by atoms with E-state index in [1.54, 1.807) is 7.11 Å². The van der Waals surface area contributed by atoms with E-state index in [1.165, 1.54) is 12.8 Å². The smallest absolute Gasteiger partial charge is 0.234 e. The first kappa shape index (κ1) is 15.2. The molecule has 0 aromatic heterocycles. The van der Waals surface area contributed by atoms with Crippen molar-refractivity contribution in [2.24, 2.45) is 5.92 Å². The third-order valence-corrected chi connectivity index (χ3v) is 4.45. The van der Waals surface area contributed by atoms with E-state index < -0.39 is 0 Å². The highest BCUT2D eigenvalue weighted by Crippen LogP contribution is 2.28. The summed E-state index contributed by atoms with van der Waals surface area (Å²) in [6.45, 7) is 5.06. The molecule has 0 spiro atoms. The quantitative estimate of drug-likeness (QED) is 0.861. The normalized spacial score (nSPS) is 19.0. The van der Waals surface area contributed by atoms with Crippen LogP contribution in [0.3, 0.4) is 0 Å². The predicted octanol–water partition coefficient (Wildman–Crippen LogP) is 1.34. The van der Waals surface area contributed by atoms with Crippen molar-refractivity contribution < 1.29 is 9.53 Å². The number of ether oxygens (including phenoxy) is 1. The lowest BCUT2D eigenvalue weighted by Crippen LogP contribution is -2.49. The number of carbonyl (C=O) groups excluding carboxylic acids is 1. The van der Waals surface area contributed by atoms with Gasteiger partial charge in [0.1, 0.15) is 5.75 Å². The topological polar surface area (TPSA) is 44.8 Å². The third kappa shape index (κ3) is 3.91. The molecule has 1 aliphatic heterocycles. The Hall–Kier alpha value is -1.75. The highest BCUT2D eigenvalue weighted by atomic mass is 16.5. The van der Waals surface area contributed by atoms with Crippen LogP contribution in [0.15, 0.2) is 24.3 Å². The summed E-state index contributed by atoms with van der Waals surface area (Å²) in [6.07, 6.45) is 2.55. The number of para-hydroxylation sites is 2. The molecular weight excluding hydrogens is 278 g/mol. The number of anilines is 1. The summed E-state index contributed by atoms with van der Waals surface area (Å²) < 4.78 is 5.43. The van der Waals surface area contributed by atoms with Gasteiger partial charge >= 0.3 is 0 Å². The molecule has 1 heterocycles. The fourth-order valence-electron chi connectivity index (χ4n) is 2.88. The minimum atomic E-state index is 0.164. The molecule has 2 fully saturated rings. The molecule has 0 bridgehead atoms. The number of hydrogen-bond acceptors (Lipinski definition) is 4. The molecule has 1 amide bonds. The van der Waals surface area contributed by atoms with E-state index in [1.807, 2.05) is 18.2 Å². The molecule has 5 nitrogen and oxygen atoms in total.